The van der Waals surface area contributed by atoms with Gasteiger partial charge in [0, 0.05) is 19.2 Å². The zero-order chi connectivity index (χ0) is 17.9. The summed E-state index contributed by atoms with van der Waals surface area (Å²) in [5.74, 6) is 0.754. The highest BCUT2D eigenvalue weighted by Gasteiger charge is 2.33. The van der Waals surface area contributed by atoms with Crippen LogP contribution in [0.2, 0.25) is 0 Å². The van der Waals surface area contributed by atoms with Crippen LogP contribution in [0.1, 0.15) is 28.1 Å². The molecule has 3 aromatic rings. The average molecular weight is 353 g/mol. The smallest absolute Gasteiger partial charge is 0.255 e. The quantitative estimate of drug-likeness (QED) is 0.717. The molecule has 0 aliphatic carbocycles. The number of amides is 1. The highest BCUT2D eigenvalue weighted by Crippen LogP contribution is 2.27. The molecule has 4 rings (SSSR count). The van der Waals surface area contributed by atoms with Crippen LogP contribution in [0.3, 0.4) is 0 Å². The van der Waals surface area contributed by atoms with E-state index in [0.29, 0.717) is 37.0 Å². The van der Waals surface area contributed by atoms with Crippen molar-refractivity contribution >= 4 is 16.7 Å². The van der Waals surface area contributed by atoms with Gasteiger partial charge in [0.15, 0.2) is 5.82 Å². The van der Waals surface area contributed by atoms with E-state index in [1.807, 2.05) is 42.5 Å². The van der Waals surface area contributed by atoms with Crippen LogP contribution in [0.5, 0.6) is 0 Å². The van der Waals surface area contributed by atoms with E-state index in [0.717, 1.165) is 10.8 Å². The minimum atomic E-state index is -0.385. The number of methoxy groups -OCH3 is 1. The summed E-state index contributed by atoms with van der Waals surface area (Å²) < 4.78 is 15.8. The van der Waals surface area contributed by atoms with Gasteiger partial charge in [0.2, 0.25) is 0 Å². The number of aromatic nitrogens is 2. The van der Waals surface area contributed by atoms with Crippen molar-refractivity contribution in [2.24, 2.45) is 0 Å². The van der Waals surface area contributed by atoms with Crippen molar-refractivity contribution in [2.45, 2.75) is 12.6 Å². The molecule has 7 heteroatoms. The Morgan fingerprint density at radius 2 is 2.12 bits per heavy atom. The highest BCUT2D eigenvalue weighted by atomic mass is 16.5. The fraction of sp³-hybridized carbons (Fsp3) is 0.316. The number of morpholine rings is 1. The largest absolute Gasteiger partial charge is 0.377 e. The van der Waals surface area contributed by atoms with Crippen molar-refractivity contribution in [2.75, 3.05) is 26.9 Å². The van der Waals surface area contributed by atoms with Gasteiger partial charge in [0.25, 0.3) is 11.8 Å². The average Bonchev–Trinajstić information content (AvgIpc) is 3.16. The van der Waals surface area contributed by atoms with Crippen LogP contribution in [0, 0.1) is 0 Å². The number of hydrogen-bond acceptors (Lipinski definition) is 6. The van der Waals surface area contributed by atoms with Gasteiger partial charge in [-0.2, -0.15) is 4.98 Å². The Labute approximate surface area is 150 Å². The number of ether oxygens (including phenoxy) is 2. The van der Waals surface area contributed by atoms with Crippen molar-refractivity contribution < 1.29 is 18.8 Å². The first-order valence-corrected chi connectivity index (χ1v) is 8.46. The Kier molecular flexibility index (Phi) is 4.64. The maximum Gasteiger partial charge on any atom is 0.255 e. The molecule has 1 fully saturated rings. The Morgan fingerprint density at radius 1 is 1.27 bits per heavy atom. The van der Waals surface area contributed by atoms with Gasteiger partial charge in [-0.15, -0.1) is 0 Å². The number of rotatable bonds is 4. The van der Waals surface area contributed by atoms with E-state index in [-0.39, 0.29) is 18.6 Å². The van der Waals surface area contributed by atoms with Gasteiger partial charge in [0.05, 0.1) is 13.2 Å². The second-order valence-corrected chi connectivity index (χ2v) is 6.10. The molecule has 1 amide bonds. The molecule has 26 heavy (non-hydrogen) atoms. The van der Waals surface area contributed by atoms with E-state index >= 15 is 0 Å². The molecular weight excluding hydrogens is 334 g/mol. The maximum absolute atomic E-state index is 13.3. The van der Waals surface area contributed by atoms with Gasteiger partial charge in [-0.3, -0.25) is 4.79 Å². The van der Waals surface area contributed by atoms with Crippen LogP contribution >= 0.6 is 0 Å². The Hall–Kier alpha value is -2.77. The summed E-state index contributed by atoms with van der Waals surface area (Å²) in [4.78, 5) is 19.4. The summed E-state index contributed by atoms with van der Waals surface area (Å²) in [5, 5.41) is 5.97. The lowest BCUT2D eigenvalue weighted by atomic mass is 10.0. The lowest BCUT2D eigenvalue weighted by Crippen LogP contribution is -2.44. The molecule has 0 N–H and O–H groups in total. The molecule has 7 nitrogen and oxygen atoms in total. The number of benzene rings is 2. The van der Waals surface area contributed by atoms with Crippen molar-refractivity contribution in [3.63, 3.8) is 0 Å². The number of fused-ring (bicyclic) bond motifs is 1. The number of carbonyl (C=O) groups excluding carboxylic acids is 1. The summed E-state index contributed by atoms with van der Waals surface area (Å²) in [5.41, 5.74) is 0.663. The third kappa shape index (κ3) is 3.07. The summed E-state index contributed by atoms with van der Waals surface area (Å²) in [7, 11) is 1.56. The fourth-order valence-electron chi connectivity index (χ4n) is 3.21. The normalized spacial score (nSPS) is 17.6. The second kappa shape index (κ2) is 7.23. The van der Waals surface area contributed by atoms with Crippen LogP contribution in [-0.4, -0.2) is 47.8 Å². The van der Waals surface area contributed by atoms with Crippen LogP contribution in [0.4, 0.5) is 0 Å². The molecule has 1 aliphatic rings. The van der Waals surface area contributed by atoms with Gasteiger partial charge >= 0.3 is 0 Å². The highest BCUT2D eigenvalue weighted by molar-refractivity contribution is 6.07. The Morgan fingerprint density at radius 3 is 3.00 bits per heavy atom. The fourth-order valence-corrected chi connectivity index (χ4v) is 3.21. The summed E-state index contributed by atoms with van der Waals surface area (Å²) >= 11 is 0. The summed E-state index contributed by atoms with van der Waals surface area (Å²) in [6, 6.07) is 13.2. The Balaban J connectivity index is 1.68. The van der Waals surface area contributed by atoms with Crippen LogP contribution in [0.25, 0.3) is 10.8 Å². The first-order chi connectivity index (χ1) is 12.8. The molecule has 2 aromatic carbocycles. The molecule has 0 unspecified atom stereocenters. The lowest BCUT2D eigenvalue weighted by Gasteiger charge is -2.34. The van der Waals surface area contributed by atoms with E-state index in [2.05, 4.69) is 10.1 Å². The van der Waals surface area contributed by atoms with Gasteiger partial charge in [-0.25, -0.2) is 0 Å². The van der Waals surface area contributed by atoms with Crippen LogP contribution in [-0.2, 0) is 16.1 Å². The van der Waals surface area contributed by atoms with Crippen molar-refractivity contribution in [3.05, 3.63) is 59.7 Å². The standard InChI is InChI=1S/C19H19N3O4/c1-24-12-17-20-18(21-26-17)16-11-25-10-9-22(16)19(23)15-8-4-6-13-5-2-3-7-14(13)15/h2-8,16H,9-12H2,1H3/t16-/m1/s1. The molecule has 134 valence electrons. The van der Waals surface area contributed by atoms with Crippen molar-refractivity contribution in [1.82, 2.24) is 15.0 Å². The minimum absolute atomic E-state index is 0.0619. The predicted molar refractivity (Wildman–Crippen MR) is 93.6 cm³/mol. The predicted octanol–water partition coefficient (Wildman–Crippen LogP) is 2.58. The Bertz CT molecular complexity index is 919. The van der Waals surface area contributed by atoms with E-state index in [4.69, 9.17) is 14.0 Å². The molecule has 0 radical (unpaired) electrons. The molecule has 1 saturated heterocycles. The van der Waals surface area contributed by atoms with Gasteiger partial charge < -0.3 is 18.9 Å². The zero-order valence-corrected chi connectivity index (χ0v) is 14.4. The third-order valence-electron chi connectivity index (χ3n) is 4.46. The van der Waals surface area contributed by atoms with E-state index in [1.54, 1.807) is 12.0 Å². The number of carbonyl (C=O) groups is 1. The zero-order valence-electron chi connectivity index (χ0n) is 14.4. The third-order valence-corrected chi connectivity index (χ3v) is 4.46. The lowest BCUT2D eigenvalue weighted by molar-refractivity contribution is -0.00566. The first kappa shape index (κ1) is 16.7. The van der Waals surface area contributed by atoms with Gasteiger partial charge in [0.1, 0.15) is 12.6 Å². The molecule has 0 saturated carbocycles. The molecule has 1 aromatic heterocycles. The summed E-state index contributed by atoms with van der Waals surface area (Å²) in [6.45, 7) is 1.52. The monoisotopic (exact) mass is 353 g/mol. The molecule has 2 heterocycles. The topological polar surface area (TPSA) is 77.7 Å². The van der Waals surface area contributed by atoms with Crippen molar-refractivity contribution in [1.29, 1.82) is 0 Å². The van der Waals surface area contributed by atoms with E-state index in [9.17, 15) is 4.79 Å². The van der Waals surface area contributed by atoms with Crippen molar-refractivity contribution in [3.8, 4) is 0 Å². The molecular formula is C19H19N3O4. The molecule has 0 bridgehead atoms. The molecule has 1 atom stereocenters. The maximum atomic E-state index is 13.3. The molecule has 1 aliphatic heterocycles. The van der Waals surface area contributed by atoms with E-state index < -0.39 is 0 Å². The van der Waals surface area contributed by atoms with Crippen LogP contribution < -0.4 is 0 Å². The van der Waals surface area contributed by atoms with Gasteiger partial charge in [-0.1, -0.05) is 41.6 Å². The van der Waals surface area contributed by atoms with Crippen LogP contribution in [0.15, 0.2) is 47.0 Å². The van der Waals surface area contributed by atoms with Gasteiger partial charge in [-0.05, 0) is 16.8 Å². The SMILES string of the molecule is COCc1nc([C@H]2COCCN2C(=O)c2cccc3ccccc23)no1. The second-order valence-electron chi connectivity index (χ2n) is 6.10. The number of hydrogen-bond donors (Lipinski definition) is 0. The number of nitrogens with zero attached hydrogens (tertiary/aromatic N) is 3. The van der Waals surface area contributed by atoms with E-state index in [1.165, 1.54) is 0 Å². The first-order valence-electron chi connectivity index (χ1n) is 8.46. The summed E-state index contributed by atoms with van der Waals surface area (Å²) in [6.07, 6.45) is 0. The minimum Gasteiger partial charge on any atom is -0.377 e. The molecule has 0 spiro atoms.